The fourth-order valence-electron chi connectivity index (χ4n) is 2.00. The summed E-state index contributed by atoms with van der Waals surface area (Å²) in [7, 11) is 0. The summed E-state index contributed by atoms with van der Waals surface area (Å²) in [5.41, 5.74) is 0.972. The summed E-state index contributed by atoms with van der Waals surface area (Å²) in [4.78, 5) is 0. The van der Waals surface area contributed by atoms with Crippen LogP contribution < -0.4 is 9.47 Å². The predicted molar refractivity (Wildman–Crippen MR) is 69.3 cm³/mol. The van der Waals surface area contributed by atoms with Crippen molar-refractivity contribution in [2.24, 2.45) is 0 Å². The SMILES string of the molecule is CCCn1c(-c2ccc3c(c2)OCO3)n[nH]c1=S. The standard InChI is InChI=1S/C12H13N3O2S/c1-2-5-15-11(13-14-12(15)18)8-3-4-9-10(6-8)17-7-16-9/h3-4,6H,2,5,7H2,1H3,(H,14,18). The number of hydrogen-bond donors (Lipinski definition) is 1. The maximum atomic E-state index is 5.37. The van der Waals surface area contributed by atoms with E-state index in [0.29, 0.717) is 4.77 Å². The van der Waals surface area contributed by atoms with Gasteiger partial charge in [-0.3, -0.25) is 5.10 Å². The molecule has 0 saturated heterocycles. The minimum atomic E-state index is 0.278. The maximum absolute atomic E-state index is 5.37. The summed E-state index contributed by atoms with van der Waals surface area (Å²) in [6.07, 6.45) is 1.01. The van der Waals surface area contributed by atoms with E-state index in [1.165, 1.54) is 0 Å². The quantitative estimate of drug-likeness (QED) is 0.865. The molecule has 1 aliphatic heterocycles. The molecular weight excluding hydrogens is 250 g/mol. The first kappa shape index (κ1) is 11.3. The average molecular weight is 263 g/mol. The van der Waals surface area contributed by atoms with Gasteiger partial charge in [0, 0.05) is 12.1 Å². The molecule has 18 heavy (non-hydrogen) atoms. The van der Waals surface area contributed by atoms with Crippen molar-refractivity contribution in [3.05, 3.63) is 23.0 Å². The Kier molecular flexibility index (Phi) is 2.79. The van der Waals surface area contributed by atoms with Crippen LogP contribution in [-0.2, 0) is 6.54 Å². The molecule has 0 unspecified atom stereocenters. The van der Waals surface area contributed by atoms with Gasteiger partial charge in [0.25, 0.3) is 0 Å². The number of aromatic nitrogens is 3. The Balaban J connectivity index is 2.07. The number of benzene rings is 1. The Morgan fingerprint density at radius 2 is 2.22 bits per heavy atom. The Labute approximate surface area is 109 Å². The van der Waals surface area contributed by atoms with Crippen LogP contribution >= 0.6 is 12.2 Å². The molecule has 94 valence electrons. The minimum Gasteiger partial charge on any atom is -0.454 e. The van der Waals surface area contributed by atoms with Gasteiger partial charge in [0.2, 0.25) is 6.79 Å². The lowest BCUT2D eigenvalue weighted by molar-refractivity contribution is 0.174. The number of H-pyrrole nitrogens is 1. The highest BCUT2D eigenvalue weighted by atomic mass is 32.1. The smallest absolute Gasteiger partial charge is 0.231 e. The van der Waals surface area contributed by atoms with Crippen LogP contribution in [0.4, 0.5) is 0 Å². The molecule has 0 bridgehead atoms. The average Bonchev–Trinajstić information content (AvgIpc) is 2.97. The van der Waals surface area contributed by atoms with Crippen molar-refractivity contribution >= 4 is 12.2 Å². The highest BCUT2D eigenvalue weighted by molar-refractivity contribution is 7.71. The van der Waals surface area contributed by atoms with E-state index in [2.05, 4.69) is 17.1 Å². The minimum absolute atomic E-state index is 0.278. The summed E-state index contributed by atoms with van der Waals surface area (Å²) in [6, 6.07) is 5.79. The van der Waals surface area contributed by atoms with Gasteiger partial charge >= 0.3 is 0 Å². The number of ether oxygens (including phenoxy) is 2. The van der Waals surface area contributed by atoms with Crippen LogP contribution in [0.3, 0.4) is 0 Å². The van der Waals surface area contributed by atoms with Crippen molar-refractivity contribution in [1.29, 1.82) is 0 Å². The van der Waals surface area contributed by atoms with E-state index >= 15 is 0 Å². The molecule has 0 atom stereocenters. The fraction of sp³-hybridized carbons (Fsp3) is 0.333. The highest BCUT2D eigenvalue weighted by Crippen LogP contribution is 2.35. The van der Waals surface area contributed by atoms with E-state index in [1.54, 1.807) is 0 Å². The van der Waals surface area contributed by atoms with E-state index in [0.717, 1.165) is 35.9 Å². The van der Waals surface area contributed by atoms with Gasteiger partial charge in [0.1, 0.15) is 0 Å². The highest BCUT2D eigenvalue weighted by Gasteiger charge is 2.16. The van der Waals surface area contributed by atoms with Crippen molar-refractivity contribution in [2.75, 3.05) is 6.79 Å². The summed E-state index contributed by atoms with van der Waals surface area (Å²) >= 11 is 5.23. The van der Waals surface area contributed by atoms with Crippen LogP contribution in [0.5, 0.6) is 11.5 Å². The lowest BCUT2D eigenvalue weighted by Crippen LogP contribution is -1.99. The molecule has 2 heterocycles. The van der Waals surface area contributed by atoms with Gasteiger partial charge in [-0.15, -0.1) is 0 Å². The molecule has 5 nitrogen and oxygen atoms in total. The first-order valence-corrected chi connectivity index (χ1v) is 6.25. The molecule has 2 aromatic rings. The van der Waals surface area contributed by atoms with E-state index in [9.17, 15) is 0 Å². The number of nitrogens with one attached hydrogen (secondary N) is 1. The van der Waals surface area contributed by atoms with Gasteiger partial charge in [-0.1, -0.05) is 6.92 Å². The Bertz CT molecular complexity index is 632. The van der Waals surface area contributed by atoms with Gasteiger partial charge in [0.05, 0.1) is 0 Å². The summed E-state index contributed by atoms with van der Waals surface area (Å²) < 4.78 is 13.3. The van der Waals surface area contributed by atoms with Gasteiger partial charge in [-0.25, -0.2) is 0 Å². The molecule has 0 amide bonds. The van der Waals surface area contributed by atoms with Crippen LogP contribution in [0, 0.1) is 4.77 Å². The van der Waals surface area contributed by atoms with Crippen molar-refractivity contribution < 1.29 is 9.47 Å². The molecule has 0 aliphatic carbocycles. The van der Waals surface area contributed by atoms with Crippen molar-refractivity contribution in [2.45, 2.75) is 19.9 Å². The molecule has 3 rings (SSSR count). The number of rotatable bonds is 3. The Morgan fingerprint density at radius 1 is 1.39 bits per heavy atom. The molecule has 1 aromatic carbocycles. The zero-order valence-electron chi connectivity index (χ0n) is 9.97. The summed E-state index contributed by atoms with van der Waals surface area (Å²) in [5, 5.41) is 7.11. The molecule has 0 saturated carbocycles. The second kappa shape index (κ2) is 4.45. The lowest BCUT2D eigenvalue weighted by Gasteiger charge is -2.05. The normalized spacial score (nSPS) is 12.9. The van der Waals surface area contributed by atoms with Crippen molar-refractivity contribution in [3.8, 4) is 22.9 Å². The zero-order valence-corrected chi connectivity index (χ0v) is 10.8. The van der Waals surface area contributed by atoms with E-state index in [-0.39, 0.29) is 6.79 Å². The van der Waals surface area contributed by atoms with E-state index in [4.69, 9.17) is 21.7 Å². The van der Waals surface area contributed by atoms with Crippen molar-refractivity contribution in [3.63, 3.8) is 0 Å². The third-order valence-corrected chi connectivity index (χ3v) is 3.15. The molecule has 1 aromatic heterocycles. The zero-order chi connectivity index (χ0) is 12.5. The van der Waals surface area contributed by atoms with E-state index in [1.807, 2.05) is 22.8 Å². The van der Waals surface area contributed by atoms with Crippen molar-refractivity contribution in [1.82, 2.24) is 14.8 Å². The molecule has 1 aliphatic rings. The third kappa shape index (κ3) is 1.78. The van der Waals surface area contributed by atoms with Crippen LogP contribution in [0.1, 0.15) is 13.3 Å². The fourth-order valence-corrected chi connectivity index (χ4v) is 2.23. The van der Waals surface area contributed by atoms with E-state index < -0.39 is 0 Å². The van der Waals surface area contributed by atoms with Crippen LogP contribution in [0.15, 0.2) is 18.2 Å². The Morgan fingerprint density at radius 3 is 3.06 bits per heavy atom. The second-order valence-corrected chi connectivity index (χ2v) is 4.46. The monoisotopic (exact) mass is 263 g/mol. The summed E-state index contributed by atoms with van der Waals surface area (Å²) in [5.74, 6) is 2.36. The van der Waals surface area contributed by atoms with Crippen LogP contribution in [0.2, 0.25) is 0 Å². The van der Waals surface area contributed by atoms with Gasteiger partial charge in [0.15, 0.2) is 22.1 Å². The Hall–Kier alpha value is -1.82. The topological polar surface area (TPSA) is 52.1 Å². The van der Waals surface area contributed by atoms with Crippen LogP contribution in [0.25, 0.3) is 11.4 Å². The molecular formula is C12H13N3O2S. The lowest BCUT2D eigenvalue weighted by atomic mass is 10.2. The number of aromatic amines is 1. The van der Waals surface area contributed by atoms with Crippen LogP contribution in [-0.4, -0.2) is 21.6 Å². The van der Waals surface area contributed by atoms with Gasteiger partial charge in [-0.2, -0.15) is 5.10 Å². The second-order valence-electron chi connectivity index (χ2n) is 4.07. The summed E-state index contributed by atoms with van der Waals surface area (Å²) in [6.45, 7) is 3.23. The van der Waals surface area contributed by atoms with Gasteiger partial charge < -0.3 is 14.0 Å². The number of hydrogen-bond acceptors (Lipinski definition) is 4. The van der Waals surface area contributed by atoms with Gasteiger partial charge in [-0.05, 0) is 36.8 Å². The molecule has 1 N–H and O–H groups in total. The molecule has 0 fully saturated rings. The number of nitrogens with zero attached hydrogens (tertiary/aromatic N) is 2. The largest absolute Gasteiger partial charge is 0.454 e. The third-order valence-electron chi connectivity index (χ3n) is 2.84. The first-order chi connectivity index (χ1) is 8.79. The molecule has 0 radical (unpaired) electrons. The predicted octanol–water partition coefficient (Wildman–Crippen LogP) is 2.75. The first-order valence-electron chi connectivity index (χ1n) is 5.85. The molecule has 6 heteroatoms. The molecule has 0 spiro atoms. The number of fused-ring (bicyclic) bond motifs is 1. The maximum Gasteiger partial charge on any atom is 0.231 e.